The highest BCUT2D eigenvalue weighted by molar-refractivity contribution is 5.95. The molecular weight excluding hydrogens is 523 g/mol. The molecule has 1 aliphatic rings. The van der Waals surface area contributed by atoms with Gasteiger partial charge >= 0.3 is 0 Å². The van der Waals surface area contributed by atoms with E-state index < -0.39 is 17.3 Å². The van der Waals surface area contributed by atoms with Gasteiger partial charge in [-0.1, -0.05) is 36.4 Å². The van der Waals surface area contributed by atoms with Crippen molar-refractivity contribution in [3.05, 3.63) is 105 Å². The molecule has 9 heteroatoms. The van der Waals surface area contributed by atoms with E-state index in [4.69, 9.17) is 4.74 Å². The first-order chi connectivity index (χ1) is 19.5. The Bertz CT molecular complexity index is 1690. The Morgan fingerprint density at radius 3 is 2.37 bits per heavy atom. The minimum Gasteiger partial charge on any atom is -0.478 e. The van der Waals surface area contributed by atoms with Crippen molar-refractivity contribution in [2.24, 2.45) is 0 Å². The molecule has 0 unspecified atom stereocenters. The molecule has 5 rings (SSSR count). The van der Waals surface area contributed by atoms with E-state index in [2.05, 4.69) is 10.2 Å². The van der Waals surface area contributed by atoms with Crippen LogP contribution in [0.4, 0.5) is 4.39 Å². The second-order valence-electron chi connectivity index (χ2n) is 11.0. The molecule has 1 saturated heterocycles. The maximum absolute atomic E-state index is 14.9. The summed E-state index contributed by atoms with van der Waals surface area (Å²) in [5.41, 5.74) is 1.90. The Labute approximate surface area is 237 Å². The zero-order valence-corrected chi connectivity index (χ0v) is 23.7. The van der Waals surface area contributed by atoms with Crippen molar-refractivity contribution in [1.82, 2.24) is 20.0 Å². The van der Waals surface area contributed by atoms with Gasteiger partial charge in [-0.15, -0.1) is 0 Å². The predicted molar refractivity (Wildman–Crippen MR) is 155 cm³/mol. The van der Waals surface area contributed by atoms with Gasteiger partial charge in [-0.25, -0.2) is 9.49 Å². The molecule has 8 nitrogen and oxygen atoms in total. The number of carbonyl (C=O) groups is 2. The van der Waals surface area contributed by atoms with Crippen molar-refractivity contribution in [2.45, 2.75) is 39.7 Å². The number of benzene rings is 3. The van der Waals surface area contributed by atoms with Gasteiger partial charge in [0.2, 0.25) is 0 Å². The van der Waals surface area contributed by atoms with E-state index in [9.17, 15) is 18.8 Å². The number of carbonyl (C=O) groups excluding carboxylic acids is 2. The molecule has 0 radical (unpaired) electrons. The van der Waals surface area contributed by atoms with Gasteiger partial charge in [-0.05, 0) is 68.7 Å². The molecule has 0 aliphatic carbocycles. The van der Waals surface area contributed by atoms with Gasteiger partial charge in [-0.3, -0.25) is 14.4 Å². The molecule has 0 atom stereocenters. The molecular formula is C32H33FN4O4. The van der Waals surface area contributed by atoms with Gasteiger partial charge in [0, 0.05) is 38.0 Å². The van der Waals surface area contributed by atoms with E-state index in [1.54, 1.807) is 41.8 Å². The van der Waals surface area contributed by atoms with Gasteiger partial charge in [0.05, 0.1) is 16.6 Å². The van der Waals surface area contributed by atoms with Gasteiger partial charge in [0.25, 0.3) is 17.4 Å². The van der Waals surface area contributed by atoms with Crippen LogP contribution in [0.1, 0.15) is 46.6 Å². The van der Waals surface area contributed by atoms with Crippen molar-refractivity contribution >= 4 is 22.6 Å². The Hall–Kier alpha value is -4.53. The molecule has 1 fully saturated rings. The minimum absolute atomic E-state index is 0.0328. The molecule has 1 aliphatic heterocycles. The number of hydrogen-bond donors (Lipinski definition) is 1. The van der Waals surface area contributed by atoms with Crippen LogP contribution >= 0.6 is 0 Å². The highest BCUT2D eigenvalue weighted by Crippen LogP contribution is 2.26. The fraction of sp³-hybridized carbons (Fsp3) is 0.312. The lowest BCUT2D eigenvalue weighted by molar-refractivity contribution is -0.147. The molecule has 2 heterocycles. The van der Waals surface area contributed by atoms with E-state index in [-0.39, 0.29) is 30.1 Å². The predicted octanol–water partition coefficient (Wildman–Crippen LogP) is 4.41. The van der Waals surface area contributed by atoms with Crippen LogP contribution < -0.4 is 10.3 Å². The molecule has 4 aromatic rings. The summed E-state index contributed by atoms with van der Waals surface area (Å²) in [6.07, 6.45) is 0.315. The van der Waals surface area contributed by atoms with Crippen molar-refractivity contribution in [3.63, 3.8) is 0 Å². The summed E-state index contributed by atoms with van der Waals surface area (Å²) in [6, 6.07) is 17.5. The standard InChI is InChI=1S/C32H33FN4O4/c1-20-9-10-21(2)28(17-20)41-32(3,4)31(40)37-15-13-36(14-16-37)30(39)25-18-22(11-12-26(25)33)19-27-23-7-5-6-8-24(23)29(38)35-34-27/h5-12,17-18H,13-16,19H2,1-4H3,(H,35,38). The number of ether oxygens (including phenoxy) is 1. The van der Waals surface area contributed by atoms with E-state index >= 15 is 0 Å². The second-order valence-corrected chi connectivity index (χ2v) is 11.0. The lowest BCUT2D eigenvalue weighted by Crippen LogP contribution is -2.56. The number of aromatic nitrogens is 2. The van der Waals surface area contributed by atoms with Crippen LogP contribution in [0.5, 0.6) is 5.75 Å². The van der Waals surface area contributed by atoms with Crippen molar-refractivity contribution in [3.8, 4) is 5.75 Å². The van der Waals surface area contributed by atoms with Crippen molar-refractivity contribution in [1.29, 1.82) is 0 Å². The first kappa shape index (κ1) is 28.0. The Balaban J connectivity index is 1.26. The van der Waals surface area contributed by atoms with E-state index in [1.807, 2.05) is 44.2 Å². The van der Waals surface area contributed by atoms with Crippen LogP contribution in [0.2, 0.25) is 0 Å². The zero-order valence-electron chi connectivity index (χ0n) is 23.7. The fourth-order valence-electron chi connectivity index (χ4n) is 5.15. The number of H-pyrrole nitrogens is 1. The van der Waals surface area contributed by atoms with E-state index in [1.165, 1.54) is 12.1 Å². The summed E-state index contributed by atoms with van der Waals surface area (Å²) in [4.78, 5) is 42.1. The number of nitrogens with zero attached hydrogens (tertiary/aromatic N) is 3. The number of nitrogens with one attached hydrogen (secondary N) is 1. The maximum atomic E-state index is 14.9. The van der Waals surface area contributed by atoms with Crippen molar-refractivity contribution < 1.29 is 18.7 Å². The Kier molecular flexibility index (Phi) is 7.62. The molecule has 41 heavy (non-hydrogen) atoms. The largest absolute Gasteiger partial charge is 0.478 e. The number of rotatable bonds is 6. The average molecular weight is 557 g/mol. The lowest BCUT2D eigenvalue weighted by atomic mass is 10.0. The zero-order chi connectivity index (χ0) is 29.3. The third-order valence-electron chi connectivity index (χ3n) is 7.49. The van der Waals surface area contributed by atoms with Gasteiger partial charge in [0.1, 0.15) is 11.6 Å². The number of hydrogen-bond acceptors (Lipinski definition) is 5. The molecule has 0 bridgehead atoms. The summed E-state index contributed by atoms with van der Waals surface area (Å²) in [5, 5.41) is 7.93. The molecule has 0 saturated carbocycles. The highest BCUT2D eigenvalue weighted by atomic mass is 19.1. The maximum Gasteiger partial charge on any atom is 0.272 e. The Morgan fingerprint density at radius 2 is 1.63 bits per heavy atom. The summed E-state index contributed by atoms with van der Waals surface area (Å²) >= 11 is 0. The first-order valence-corrected chi connectivity index (χ1v) is 13.6. The molecule has 0 spiro atoms. The summed E-state index contributed by atoms with van der Waals surface area (Å²) < 4.78 is 21.0. The molecule has 1 aromatic heterocycles. The van der Waals surface area contributed by atoms with Gasteiger partial charge < -0.3 is 14.5 Å². The normalized spacial score (nSPS) is 13.9. The Morgan fingerprint density at radius 1 is 0.951 bits per heavy atom. The van der Waals surface area contributed by atoms with E-state index in [0.717, 1.165) is 11.1 Å². The van der Waals surface area contributed by atoms with E-state index in [0.29, 0.717) is 47.3 Å². The van der Waals surface area contributed by atoms with Crippen LogP contribution in [0, 0.1) is 19.7 Å². The monoisotopic (exact) mass is 556 g/mol. The highest BCUT2D eigenvalue weighted by Gasteiger charge is 2.37. The van der Waals surface area contributed by atoms with Gasteiger partial charge in [-0.2, -0.15) is 5.10 Å². The fourth-order valence-corrected chi connectivity index (χ4v) is 5.15. The SMILES string of the molecule is Cc1ccc(C)c(OC(C)(C)C(=O)N2CCN(C(=O)c3cc(Cc4n[nH]c(=O)c5ccccc45)ccc3F)CC2)c1. The lowest BCUT2D eigenvalue weighted by Gasteiger charge is -2.38. The van der Waals surface area contributed by atoms with Crippen LogP contribution in [0.3, 0.4) is 0 Å². The summed E-state index contributed by atoms with van der Waals surface area (Å²) in [7, 11) is 0. The molecule has 3 aromatic carbocycles. The van der Waals surface area contributed by atoms with Crippen LogP contribution in [-0.4, -0.2) is 63.6 Å². The average Bonchev–Trinajstić information content (AvgIpc) is 2.96. The smallest absolute Gasteiger partial charge is 0.272 e. The third-order valence-corrected chi connectivity index (χ3v) is 7.49. The van der Waals surface area contributed by atoms with Crippen LogP contribution in [-0.2, 0) is 11.2 Å². The number of aryl methyl sites for hydroxylation is 2. The molecule has 212 valence electrons. The van der Waals surface area contributed by atoms with Gasteiger partial charge in [0.15, 0.2) is 5.60 Å². The number of fused-ring (bicyclic) bond motifs is 1. The molecule has 2 amide bonds. The van der Waals surface area contributed by atoms with Crippen LogP contribution in [0.25, 0.3) is 10.8 Å². The third kappa shape index (κ3) is 5.84. The quantitative estimate of drug-likeness (QED) is 0.380. The van der Waals surface area contributed by atoms with Crippen molar-refractivity contribution in [2.75, 3.05) is 26.2 Å². The number of aromatic amines is 1. The minimum atomic E-state index is -1.09. The number of amides is 2. The van der Waals surface area contributed by atoms with Crippen LogP contribution in [0.15, 0.2) is 65.5 Å². The first-order valence-electron chi connectivity index (χ1n) is 13.6. The summed E-state index contributed by atoms with van der Waals surface area (Å²) in [5.74, 6) is -0.543. The topological polar surface area (TPSA) is 95.6 Å². The summed E-state index contributed by atoms with van der Waals surface area (Å²) in [6.45, 7) is 8.59. The second kappa shape index (κ2) is 11.2. The number of piperazine rings is 1. The number of halogens is 1. The molecule has 1 N–H and O–H groups in total.